The maximum absolute atomic E-state index is 12.7. The monoisotopic (exact) mass is 373 g/mol. The number of carbonyl (C=O) groups excluding carboxylic acids is 1. The lowest BCUT2D eigenvalue weighted by atomic mass is 9.78. The summed E-state index contributed by atoms with van der Waals surface area (Å²) < 4.78 is 0. The molecule has 0 aromatic carbocycles. The number of likely N-dealkylation sites (tertiary alicyclic amines) is 2. The highest BCUT2D eigenvalue weighted by Crippen LogP contribution is 2.40. The van der Waals surface area contributed by atoms with Crippen molar-refractivity contribution < 1.29 is 4.79 Å². The third-order valence-corrected chi connectivity index (χ3v) is 6.98. The molecule has 1 aromatic heterocycles. The molecule has 2 saturated heterocycles. The van der Waals surface area contributed by atoms with Crippen LogP contribution in [0.25, 0.3) is 0 Å². The van der Waals surface area contributed by atoms with Crippen molar-refractivity contribution in [1.29, 1.82) is 0 Å². The number of aromatic nitrogens is 3. The summed E-state index contributed by atoms with van der Waals surface area (Å²) >= 11 is 0. The Labute approximate surface area is 163 Å². The smallest absolute Gasteiger partial charge is 0.223 e. The molecule has 1 aliphatic carbocycles. The summed E-state index contributed by atoms with van der Waals surface area (Å²) in [5, 5.41) is 7.00. The number of hydrogen-bond acceptors (Lipinski definition) is 4. The molecular formula is C21H35N5O. The Kier molecular flexibility index (Phi) is 5.81. The molecule has 0 unspecified atom stereocenters. The fourth-order valence-electron chi connectivity index (χ4n) is 5.56. The summed E-state index contributed by atoms with van der Waals surface area (Å²) in [6.07, 6.45) is 12.1. The number of H-pyrrole nitrogens is 1. The van der Waals surface area contributed by atoms with Gasteiger partial charge in [0.05, 0.1) is 0 Å². The zero-order chi connectivity index (χ0) is 18.7. The van der Waals surface area contributed by atoms with Crippen LogP contribution >= 0.6 is 0 Å². The van der Waals surface area contributed by atoms with Gasteiger partial charge >= 0.3 is 0 Å². The number of rotatable bonds is 5. The Hall–Kier alpha value is -1.43. The maximum atomic E-state index is 12.7. The van der Waals surface area contributed by atoms with Crippen LogP contribution in [0.4, 0.5) is 0 Å². The standard InChI is InChI=1S/C21H35N5O/c1-17-22-19(24-23-17)8-9-20(27)26-13-11-21(16-26)10-5-12-25(15-21)14-18-6-3-2-4-7-18/h18H,2-16H2,1H3,(H,22,23,24)/t21-/m1/s1. The van der Waals surface area contributed by atoms with E-state index >= 15 is 0 Å². The first-order chi connectivity index (χ1) is 13.1. The molecule has 1 atom stereocenters. The van der Waals surface area contributed by atoms with Gasteiger partial charge in [-0.1, -0.05) is 19.3 Å². The Morgan fingerprint density at radius 3 is 2.78 bits per heavy atom. The molecule has 1 amide bonds. The third kappa shape index (κ3) is 4.71. The lowest BCUT2D eigenvalue weighted by Gasteiger charge is -2.42. The molecule has 2 aliphatic heterocycles. The van der Waals surface area contributed by atoms with Crippen LogP contribution in [0.3, 0.4) is 0 Å². The van der Waals surface area contributed by atoms with Gasteiger partial charge in [-0.15, -0.1) is 0 Å². The van der Waals surface area contributed by atoms with Crippen LogP contribution in [0.1, 0.15) is 69.4 Å². The van der Waals surface area contributed by atoms with Gasteiger partial charge in [0.15, 0.2) is 5.82 Å². The van der Waals surface area contributed by atoms with Gasteiger partial charge < -0.3 is 9.80 Å². The lowest BCUT2D eigenvalue weighted by molar-refractivity contribution is -0.130. The molecule has 6 nitrogen and oxygen atoms in total. The Morgan fingerprint density at radius 2 is 2.00 bits per heavy atom. The molecule has 150 valence electrons. The highest BCUT2D eigenvalue weighted by molar-refractivity contribution is 5.76. The second kappa shape index (κ2) is 8.29. The molecule has 0 bridgehead atoms. The summed E-state index contributed by atoms with van der Waals surface area (Å²) in [6.45, 7) is 7.54. The van der Waals surface area contributed by atoms with Gasteiger partial charge in [-0.2, -0.15) is 5.10 Å². The number of aromatic amines is 1. The molecule has 0 radical (unpaired) electrons. The van der Waals surface area contributed by atoms with Crippen molar-refractivity contribution in [3.8, 4) is 0 Å². The van der Waals surface area contributed by atoms with Crippen LogP contribution in [-0.4, -0.2) is 63.6 Å². The average Bonchev–Trinajstić information content (AvgIpc) is 3.27. The summed E-state index contributed by atoms with van der Waals surface area (Å²) in [5.74, 6) is 2.76. The Bertz CT molecular complexity index is 638. The average molecular weight is 374 g/mol. The van der Waals surface area contributed by atoms with Crippen molar-refractivity contribution >= 4 is 5.91 Å². The molecule has 1 aromatic rings. The molecule has 6 heteroatoms. The normalized spacial score (nSPS) is 27.5. The highest BCUT2D eigenvalue weighted by atomic mass is 16.2. The van der Waals surface area contributed by atoms with Crippen molar-refractivity contribution in [2.75, 3.05) is 32.7 Å². The second-order valence-corrected chi connectivity index (χ2v) is 9.25. The van der Waals surface area contributed by atoms with Crippen molar-refractivity contribution in [3.05, 3.63) is 11.6 Å². The minimum absolute atomic E-state index is 0.277. The van der Waals surface area contributed by atoms with Crippen LogP contribution in [0.5, 0.6) is 0 Å². The lowest BCUT2D eigenvalue weighted by Crippen LogP contribution is -2.47. The van der Waals surface area contributed by atoms with Crippen LogP contribution < -0.4 is 0 Å². The number of aryl methyl sites for hydroxylation is 2. The number of carbonyl (C=O) groups is 1. The summed E-state index contributed by atoms with van der Waals surface area (Å²) in [4.78, 5) is 21.9. The van der Waals surface area contributed by atoms with Crippen molar-refractivity contribution in [3.63, 3.8) is 0 Å². The quantitative estimate of drug-likeness (QED) is 0.862. The van der Waals surface area contributed by atoms with E-state index in [2.05, 4.69) is 25.0 Å². The minimum atomic E-state index is 0.277. The highest BCUT2D eigenvalue weighted by Gasteiger charge is 2.42. The van der Waals surface area contributed by atoms with E-state index in [4.69, 9.17) is 0 Å². The molecule has 27 heavy (non-hydrogen) atoms. The molecule has 3 fully saturated rings. The zero-order valence-corrected chi connectivity index (χ0v) is 16.9. The number of nitrogens with zero attached hydrogens (tertiary/aromatic N) is 4. The van der Waals surface area contributed by atoms with E-state index < -0.39 is 0 Å². The van der Waals surface area contributed by atoms with Crippen molar-refractivity contribution in [2.45, 2.75) is 71.1 Å². The molecule has 4 rings (SSSR count). The van der Waals surface area contributed by atoms with Gasteiger partial charge in [-0.05, 0) is 51.5 Å². The zero-order valence-electron chi connectivity index (χ0n) is 16.9. The third-order valence-electron chi connectivity index (χ3n) is 6.98. The van der Waals surface area contributed by atoms with E-state index in [0.29, 0.717) is 18.3 Å². The van der Waals surface area contributed by atoms with Gasteiger partial charge in [0.25, 0.3) is 0 Å². The van der Waals surface area contributed by atoms with Gasteiger partial charge in [0, 0.05) is 44.4 Å². The molecule has 3 heterocycles. The maximum Gasteiger partial charge on any atom is 0.223 e. The predicted molar refractivity (Wildman–Crippen MR) is 105 cm³/mol. The Balaban J connectivity index is 1.27. The first-order valence-corrected chi connectivity index (χ1v) is 11.0. The van der Waals surface area contributed by atoms with E-state index in [-0.39, 0.29) is 5.91 Å². The van der Waals surface area contributed by atoms with Gasteiger partial charge in [-0.25, -0.2) is 4.98 Å². The van der Waals surface area contributed by atoms with E-state index in [1.165, 1.54) is 71.0 Å². The molecule has 1 saturated carbocycles. The second-order valence-electron chi connectivity index (χ2n) is 9.25. The minimum Gasteiger partial charge on any atom is -0.342 e. The van der Waals surface area contributed by atoms with Crippen LogP contribution in [0, 0.1) is 18.3 Å². The predicted octanol–water partition coefficient (Wildman–Crippen LogP) is 2.94. The van der Waals surface area contributed by atoms with Crippen molar-refractivity contribution in [2.24, 2.45) is 11.3 Å². The fourth-order valence-corrected chi connectivity index (χ4v) is 5.56. The first-order valence-electron chi connectivity index (χ1n) is 11.0. The number of amides is 1. The first kappa shape index (κ1) is 18.9. The van der Waals surface area contributed by atoms with Crippen LogP contribution in [0.2, 0.25) is 0 Å². The molecule has 1 N–H and O–H groups in total. The van der Waals surface area contributed by atoms with Gasteiger partial charge in [0.2, 0.25) is 5.91 Å². The van der Waals surface area contributed by atoms with Gasteiger partial charge in [-0.3, -0.25) is 9.89 Å². The van der Waals surface area contributed by atoms with E-state index in [9.17, 15) is 4.79 Å². The van der Waals surface area contributed by atoms with E-state index in [1.54, 1.807) is 0 Å². The van der Waals surface area contributed by atoms with E-state index in [0.717, 1.165) is 30.7 Å². The molecule has 1 spiro atoms. The molecule has 3 aliphatic rings. The SMILES string of the molecule is Cc1nc(CCC(=O)N2CC[C@@]3(CCCN(CC4CCCCC4)C3)C2)n[nH]1. The van der Waals surface area contributed by atoms with Crippen LogP contribution in [0.15, 0.2) is 0 Å². The molecular weight excluding hydrogens is 338 g/mol. The van der Waals surface area contributed by atoms with E-state index in [1.807, 2.05) is 6.92 Å². The Morgan fingerprint density at radius 1 is 1.15 bits per heavy atom. The van der Waals surface area contributed by atoms with Crippen molar-refractivity contribution in [1.82, 2.24) is 25.0 Å². The fraction of sp³-hybridized carbons (Fsp3) is 0.857. The largest absolute Gasteiger partial charge is 0.342 e. The topological polar surface area (TPSA) is 65.1 Å². The number of piperidine rings is 1. The summed E-state index contributed by atoms with van der Waals surface area (Å²) in [5.41, 5.74) is 0.351. The van der Waals surface area contributed by atoms with Crippen LogP contribution in [-0.2, 0) is 11.2 Å². The number of hydrogen-bond donors (Lipinski definition) is 1. The summed E-state index contributed by atoms with van der Waals surface area (Å²) in [7, 11) is 0. The number of nitrogens with one attached hydrogen (secondary N) is 1. The van der Waals surface area contributed by atoms with Gasteiger partial charge in [0.1, 0.15) is 5.82 Å². The summed E-state index contributed by atoms with van der Waals surface area (Å²) in [6, 6.07) is 0.